The molecule has 0 saturated carbocycles. The van der Waals surface area contributed by atoms with Crippen molar-refractivity contribution in [2.24, 2.45) is 4.99 Å². The maximum atomic E-state index is 13.7. The summed E-state index contributed by atoms with van der Waals surface area (Å²) in [5.41, 5.74) is 0.325. The maximum Gasteiger partial charge on any atom is 0.191 e. The molecule has 0 aliphatic rings. The topological polar surface area (TPSA) is 54.9 Å². The van der Waals surface area contributed by atoms with Crippen molar-refractivity contribution >= 4 is 5.96 Å². The number of benzene rings is 2. The zero-order valence-corrected chi connectivity index (χ0v) is 15.8. The Bertz CT molecular complexity index is 769. The molecule has 2 N–H and O–H groups in total. The number of hydrogen-bond donors (Lipinski definition) is 2. The predicted molar refractivity (Wildman–Crippen MR) is 103 cm³/mol. The van der Waals surface area contributed by atoms with Crippen LogP contribution in [-0.4, -0.2) is 39.3 Å². The maximum absolute atomic E-state index is 13.7. The third kappa shape index (κ3) is 6.13. The van der Waals surface area contributed by atoms with Crippen LogP contribution in [0.1, 0.15) is 12.5 Å². The molecule has 0 aromatic heterocycles. The minimum atomic E-state index is -0.836. The Labute approximate surface area is 158 Å². The first-order valence-electron chi connectivity index (χ1n) is 8.72. The number of aliphatic imine (C=N–C) groups is 1. The highest BCUT2D eigenvalue weighted by molar-refractivity contribution is 5.79. The van der Waals surface area contributed by atoms with E-state index in [0.29, 0.717) is 42.5 Å². The van der Waals surface area contributed by atoms with Crippen LogP contribution in [0, 0.1) is 11.6 Å². The first kappa shape index (κ1) is 20.5. The summed E-state index contributed by atoms with van der Waals surface area (Å²) in [5.74, 6) is 0.253. The van der Waals surface area contributed by atoms with E-state index in [1.807, 2.05) is 31.2 Å². The van der Waals surface area contributed by atoms with E-state index in [-0.39, 0.29) is 6.10 Å². The molecule has 2 rings (SSSR count). The van der Waals surface area contributed by atoms with Gasteiger partial charge in [0.05, 0.1) is 13.7 Å². The van der Waals surface area contributed by atoms with Gasteiger partial charge in [-0.3, -0.25) is 4.99 Å². The normalized spacial score (nSPS) is 12.4. The lowest BCUT2D eigenvalue weighted by Crippen LogP contribution is -2.42. The van der Waals surface area contributed by atoms with Crippen LogP contribution in [0.2, 0.25) is 0 Å². The van der Waals surface area contributed by atoms with Crippen molar-refractivity contribution in [2.75, 3.05) is 27.2 Å². The van der Waals surface area contributed by atoms with Crippen molar-refractivity contribution < 1.29 is 18.3 Å². The van der Waals surface area contributed by atoms with Crippen LogP contribution in [0.25, 0.3) is 0 Å². The van der Waals surface area contributed by atoms with Gasteiger partial charge in [-0.1, -0.05) is 24.3 Å². The lowest BCUT2D eigenvalue weighted by molar-refractivity contribution is 0.213. The van der Waals surface area contributed by atoms with E-state index in [9.17, 15) is 8.78 Å². The molecule has 1 unspecified atom stereocenters. The summed E-state index contributed by atoms with van der Waals surface area (Å²) in [7, 11) is 3.24. The molecule has 5 nitrogen and oxygen atoms in total. The number of para-hydroxylation sites is 2. The Balaban J connectivity index is 1.78. The van der Waals surface area contributed by atoms with Gasteiger partial charge in [-0.05, 0) is 37.1 Å². The molecule has 0 amide bonds. The van der Waals surface area contributed by atoms with E-state index in [2.05, 4.69) is 15.6 Å². The third-order valence-electron chi connectivity index (χ3n) is 3.90. The van der Waals surface area contributed by atoms with Crippen LogP contribution in [0.3, 0.4) is 0 Å². The summed E-state index contributed by atoms with van der Waals surface area (Å²) in [6, 6.07) is 11.6. The zero-order valence-electron chi connectivity index (χ0n) is 15.8. The van der Waals surface area contributed by atoms with Gasteiger partial charge in [0.2, 0.25) is 0 Å². The summed E-state index contributed by atoms with van der Waals surface area (Å²) in [6.45, 7) is 2.85. The molecule has 0 heterocycles. The monoisotopic (exact) mass is 377 g/mol. The molecule has 0 saturated heterocycles. The number of guanidine groups is 1. The van der Waals surface area contributed by atoms with Gasteiger partial charge in [-0.25, -0.2) is 8.78 Å². The average Bonchev–Trinajstić information content (AvgIpc) is 2.68. The zero-order chi connectivity index (χ0) is 19.6. The van der Waals surface area contributed by atoms with Gasteiger partial charge in [0.15, 0.2) is 29.1 Å². The van der Waals surface area contributed by atoms with E-state index in [0.717, 1.165) is 6.07 Å². The van der Waals surface area contributed by atoms with E-state index in [1.54, 1.807) is 20.2 Å². The summed E-state index contributed by atoms with van der Waals surface area (Å²) in [4.78, 5) is 4.12. The van der Waals surface area contributed by atoms with Crippen LogP contribution < -0.4 is 20.1 Å². The second-order valence-electron chi connectivity index (χ2n) is 5.92. The van der Waals surface area contributed by atoms with E-state index < -0.39 is 11.6 Å². The van der Waals surface area contributed by atoms with Gasteiger partial charge in [0.1, 0.15) is 6.10 Å². The molecular formula is C20H25F2N3O2. The lowest BCUT2D eigenvalue weighted by atomic mass is 10.1. The van der Waals surface area contributed by atoms with Crippen LogP contribution in [0.15, 0.2) is 47.5 Å². The second-order valence-corrected chi connectivity index (χ2v) is 5.92. The molecule has 0 aliphatic carbocycles. The predicted octanol–water partition coefficient (Wildman–Crippen LogP) is 3.15. The Morgan fingerprint density at radius 2 is 1.81 bits per heavy atom. The van der Waals surface area contributed by atoms with Crippen molar-refractivity contribution in [1.82, 2.24) is 10.6 Å². The molecule has 0 bridgehead atoms. The fourth-order valence-electron chi connectivity index (χ4n) is 2.49. The molecule has 2 aromatic carbocycles. The largest absolute Gasteiger partial charge is 0.493 e. The van der Waals surface area contributed by atoms with Crippen molar-refractivity contribution in [3.63, 3.8) is 0 Å². The first-order valence-corrected chi connectivity index (χ1v) is 8.72. The Morgan fingerprint density at radius 1 is 1.07 bits per heavy atom. The molecule has 0 aliphatic heterocycles. The van der Waals surface area contributed by atoms with Crippen molar-refractivity contribution in [1.29, 1.82) is 0 Å². The molecule has 1 atom stereocenters. The first-order chi connectivity index (χ1) is 13.0. The van der Waals surface area contributed by atoms with Crippen LogP contribution in [-0.2, 0) is 6.42 Å². The molecule has 0 fully saturated rings. The minimum Gasteiger partial charge on any atom is -0.493 e. The number of ether oxygens (including phenoxy) is 2. The highest BCUT2D eigenvalue weighted by Gasteiger charge is 2.10. The Hall–Kier alpha value is -2.83. The highest BCUT2D eigenvalue weighted by Crippen LogP contribution is 2.26. The van der Waals surface area contributed by atoms with Crippen molar-refractivity contribution in [2.45, 2.75) is 19.4 Å². The molecule has 0 radical (unpaired) electrons. The fourth-order valence-corrected chi connectivity index (χ4v) is 2.49. The number of hydrogen-bond acceptors (Lipinski definition) is 3. The van der Waals surface area contributed by atoms with Crippen LogP contribution in [0.5, 0.6) is 11.5 Å². The molecule has 2 aromatic rings. The highest BCUT2D eigenvalue weighted by atomic mass is 19.2. The fraction of sp³-hybridized carbons (Fsp3) is 0.350. The number of halogens is 2. The Morgan fingerprint density at radius 3 is 2.52 bits per heavy atom. The van der Waals surface area contributed by atoms with Gasteiger partial charge in [-0.2, -0.15) is 0 Å². The molecular weight excluding hydrogens is 352 g/mol. The quantitative estimate of drug-likeness (QED) is 0.548. The average molecular weight is 377 g/mol. The summed E-state index contributed by atoms with van der Waals surface area (Å²) >= 11 is 0. The standard InChI is InChI=1S/C20H25F2N3O2/c1-14(27-18-10-5-4-9-17(18)26-3)13-25-20(23-2)24-12-11-15-7-6-8-16(21)19(15)22/h4-10,14H,11-13H2,1-3H3,(H2,23,24,25). The van der Waals surface area contributed by atoms with Crippen LogP contribution in [0.4, 0.5) is 8.78 Å². The van der Waals surface area contributed by atoms with Gasteiger partial charge >= 0.3 is 0 Å². The van der Waals surface area contributed by atoms with Gasteiger partial charge in [0.25, 0.3) is 0 Å². The summed E-state index contributed by atoms with van der Waals surface area (Å²) in [5, 5.41) is 6.22. The van der Waals surface area contributed by atoms with Crippen molar-refractivity contribution in [3.05, 3.63) is 59.7 Å². The van der Waals surface area contributed by atoms with Crippen molar-refractivity contribution in [3.8, 4) is 11.5 Å². The second kappa shape index (κ2) is 10.4. The smallest absolute Gasteiger partial charge is 0.191 e. The lowest BCUT2D eigenvalue weighted by Gasteiger charge is -2.19. The molecule has 0 spiro atoms. The SMILES string of the molecule is CN=C(NCCc1cccc(F)c1F)NCC(C)Oc1ccccc1OC. The van der Waals surface area contributed by atoms with Gasteiger partial charge in [0, 0.05) is 13.6 Å². The summed E-state index contributed by atoms with van der Waals surface area (Å²) in [6.07, 6.45) is 0.206. The molecule has 7 heteroatoms. The summed E-state index contributed by atoms with van der Waals surface area (Å²) < 4.78 is 38.0. The molecule has 146 valence electrons. The van der Waals surface area contributed by atoms with Gasteiger partial charge in [-0.15, -0.1) is 0 Å². The van der Waals surface area contributed by atoms with Crippen LogP contribution >= 0.6 is 0 Å². The number of nitrogens with zero attached hydrogens (tertiary/aromatic N) is 1. The Kier molecular flexibility index (Phi) is 7.85. The third-order valence-corrected chi connectivity index (χ3v) is 3.90. The van der Waals surface area contributed by atoms with E-state index in [4.69, 9.17) is 9.47 Å². The van der Waals surface area contributed by atoms with Gasteiger partial charge < -0.3 is 20.1 Å². The van der Waals surface area contributed by atoms with E-state index in [1.165, 1.54) is 6.07 Å². The number of nitrogens with one attached hydrogen (secondary N) is 2. The minimum absolute atomic E-state index is 0.138. The number of methoxy groups -OCH3 is 1. The number of rotatable bonds is 8. The molecule has 27 heavy (non-hydrogen) atoms. The van der Waals surface area contributed by atoms with E-state index >= 15 is 0 Å².